The first-order chi connectivity index (χ1) is 38.6. The highest BCUT2D eigenvalue weighted by Crippen LogP contribution is 2.42. The smallest absolute Gasteiger partial charge is 0.287 e. The Kier molecular flexibility index (Phi) is 17.6. The number of benzene rings is 6. The molecule has 7 aromatic rings. The van der Waals surface area contributed by atoms with Crippen LogP contribution in [0.1, 0.15) is 98.5 Å². The third kappa shape index (κ3) is 14.9. The number of alkyl halides is 24. The molecule has 0 radical (unpaired) electrons. The zero-order valence-electron chi connectivity index (χ0n) is 42.1. The summed E-state index contributed by atoms with van der Waals surface area (Å²) in [4.78, 5) is 16.9. The number of ketones is 1. The third-order valence-corrected chi connectivity index (χ3v) is 13.9. The van der Waals surface area contributed by atoms with Crippen molar-refractivity contribution in [2.45, 2.75) is 94.0 Å². The molecule has 8 rings (SSSR count). The topological polar surface area (TPSA) is 33.8 Å². The van der Waals surface area contributed by atoms with E-state index in [0.717, 1.165) is 16.8 Å². The molecule has 0 unspecified atom stereocenters. The molecule has 1 heterocycles. The summed E-state index contributed by atoms with van der Waals surface area (Å²) >= 11 is 0. The van der Waals surface area contributed by atoms with Crippen molar-refractivity contribution in [1.82, 2.24) is 4.98 Å². The first kappa shape index (κ1) is 64.0. The lowest BCUT2D eigenvalue weighted by atomic mass is 9.12. The van der Waals surface area contributed by atoms with Crippen LogP contribution in [-0.4, -0.2) is 16.9 Å². The largest absolute Gasteiger partial charge is 0.416 e. The lowest BCUT2D eigenvalue weighted by Gasteiger charge is -2.46. The van der Waals surface area contributed by atoms with E-state index < -0.39 is 195 Å². The number of rotatable bonds is 9. The van der Waals surface area contributed by atoms with Crippen LogP contribution in [0, 0.1) is 0 Å². The summed E-state index contributed by atoms with van der Waals surface area (Å²) in [6.45, 7) is 0.319. The van der Waals surface area contributed by atoms with Crippen LogP contribution in [0.15, 0.2) is 146 Å². The van der Waals surface area contributed by atoms with E-state index in [1.807, 2.05) is 47.3 Å². The quantitative estimate of drug-likeness (QED) is 0.0625. The Morgan fingerprint density at radius 2 is 0.726 bits per heavy atom. The highest BCUT2D eigenvalue weighted by atomic mass is 19.4. The minimum atomic E-state index is -6.13. The van der Waals surface area contributed by atoms with Crippen molar-refractivity contribution >= 4 is 33.8 Å². The molecule has 1 aliphatic rings. The van der Waals surface area contributed by atoms with Gasteiger partial charge in [0.05, 0.1) is 50.7 Å². The number of halogens is 24. The summed E-state index contributed by atoms with van der Waals surface area (Å²) in [6.07, 6.45) is -42.5. The Hall–Kier alpha value is -7.55. The zero-order chi connectivity index (χ0) is 62.4. The van der Waals surface area contributed by atoms with Gasteiger partial charge >= 0.3 is 49.4 Å². The highest BCUT2D eigenvalue weighted by molar-refractivity contribution is 7.20. The molecular weight excluding hydrogens is 1180 g/mol. The monoisotopic (exact) mass is 1220 g/mol. The number of carbonyl (C=O) groups is 1. The van der Waals surface area contributed by atoms with Crippen molar-refractivity contribution in [1.29, 1.82) is 0 Å². The second-order valence-corrected chi connectivity index (χ2v) is 19.6. The number of nitrogens with zero attached hydrogens (tertiary/aromatic N) is 2. The van der Waals surface area contributed by atoms with Crippen molar-refractivity contribution in [3.05, 3.63) is 202 Å². The second-order valence-electron chi connectivity index (χ2n) is 19.6. The normalized spacial score (nSPS) is 14.5. The minimum Gasteiger partial charge on any atom is -0.287 e. The van der Waals surface area contributed by atoms with Gasteiger partial charge in [-0.25, -0.2) is 4.98 Å². The van der Waals surface area contributed by atoms with E-state index in [-0.39, 0.29) is 5.78 Å². The van der Waals surface area contributed by atoms with Gasteiger partial charge in [0.25, 0.3) is 0 Å². The van der Waals surface area contributed by atoms with Crippen LogP contribution in [0.25, 0.3) is 11.3 Å². The Morgan fingerprint density at radius 1 is 0.417 bits per heavy atom. The van der Waals surface area contributed by atoms with Gasteiger partial charge in [-0.2, -0.15) is 132 Å². The molecule has 0 N–H and O–H groups in total. The predicted octanol–water partition coefficient (Wildman–Crippen LogP) is 16.2. The first-order valence-electron chi connectivity index (χ1n) is 24.4. The molecule has 0 bridgehead atoms. The van der Waals surface area contributed by atoms with Gasteiger partial charge in [0.1, 0.15) is 11.8 Å². The van der Waals surface area contributed by atoms with E-state index in [4.69, 9.17) is 0 Å². The minimum absolute atomic E-state index is 0.102. The van der Waals surface area contributed by atoms with Crippen LogP contribution in [-0.2, 0) is 56.0 Å². The molecule has 448 valence electrons. The van der Waals surface area contributed by atoms with Crippen molar-refractivity contribution in [2.75, 3.05) is 0 Å². The number of carbonyl (C=O) groups excluding carboxylic acids is 1. The van der Waals surface area contributed by atoms with Gasteiger partial charge in [-0.15, -0.1) is 0 Å². The molecule has 0 amide bonds. The summed E-state index contributed by atoms with van der Waals surface area (Å²) in [5.74, 6) is 0.815. The van der Waals surface area contributed by atoms with E-state index in [9.17, 15) is 110 Å². The standard InChI is InChI=1S/C32H12BF24.C24H25N2O/c34-25(35,36)13-1-14(26(37,38)39)6-21(5-13)33(22-7-15(27(40,41)42)2-16(8-22)28(43,44)45,23-9-17(29(46,47)48)3-18(10-23)30(49,50)51)24-11-19(31(52,53)54)4-20(12-24)32(55,56)57;27-24(22-9-5-2-6-10-22)18-26-16-15-25-23(17-26)21-13-11-20(12-14-21)19-7-3-1-4-8-19/h1-12H;2,5-6,9-17,19H,1,3-4,7-8,18H2/q-1;+1. The molecular formula is C56H37BF24N2O. The molecule has 84 heavy (non-hydrogen) atoms. The Morgan fingerprint density at radius 3 is 1.02 bits per heavy atom. The van der Waals surface area contributed by atoms with Gasteiger partial charge in [-0.3, -0.25) is 4.79 Å². The maximum atomic E-state index is 14.2. The van der Waals surface area contributed by atoms with Crippen LogP contribution in [0.4, 0.5) is 105 Å². The summed E-state index contributed by atoms with van der Waals surface area (Å²) in [6, 6.07) is 9.43. The molecule has 0 aliphatic heterocycles. The molecule has 28 heteroatoms. The summed E-state index contributed by atoms with van der Waals surface area (Å²) in [5, 5.41) is 0. The van der Waals surface area contributed by atoms with Crippen LogP contribution >= 0.6 is 0 Å². The van der Waals surface area contributed by atoms with Crippen LogP contribution in [0.2, 0.25) is 0 Å². The Labute approximate surface area is 459 Å². The number of hydrogen-bond acceptors (Lipinski definition) is 2. The third-order valence-electron chi connectivity index (χ3n) is 13.9. The van der Waals surface area contributed by atoms with Crippen LogP contribution in [0.3, 0.4) is 0 Å². The molecule has 6 aromatic carbocycles. The fraction of sp³-hybridized carbons (Fsp3) is 0.268. The molecule has 1 fully saturated rings. The van der Waals surface area contributed by atoms with Gasteiger partial charge in [-0.1, -0.05) is 122 Å². The fourth-order valence-electron chi connectivity index (χ4n) is 9.99. The average molecular weight is 1220 g/mol. The maximum absolute atomic E-state index is 14.2. The average Bonchev–Trinajstić information content (AvgIpc) is 0.759. The van der Waals surface area contributed by atoms with E-state index in [1.54, 1.807) is 6.20 Å². The summed E-state index contributed by atoms with van der Waals surface area (Å²) in [7, 11) is 0. The SMILES string of the molecule is FC(F)(F)c1cc([B-](c2cc(C(F)(F)F)cc(C(F)(F)F)c2)(c2cc(C(F)(F)F)cc(C(F)(F)F)c2)c2cc(C(F)(F)F)cc(C(F)(F)F)c2)cc(C(F)(F)F)c1.O=C(C[n+]1ccnc(-c2ccc(C3CCCCC3)cc2)c1)c1ccccc1. The summed E-state index contributed by atoms with van der Waals surface area (Å²) < 4.78 is 343. The number of hydrogen-bond donors (Lipinski definition) is 0. The number of Topliss-reactive ketones (excluding diaryl/α,β-unsaturated/α-hetero) is 1. The predicted molar refractivity (Wildman–Crippen MR) is 257 cm³/mol. The van der Waals surface area contributed by atoms with Crippen molar-refractivity contribution in [2.24, 2.45) is 0 Å². The van der Waals surface area contributed by atoms with Gasteiger partial charge in [0.15, 0.2) is 12.4 Å². The fourth-order valence-corrected chi connectivity index (χ4v) is 9.99. The van der Waals surface area contributed by atoms with Crippen molar-refractivity contribution < 1.29 is 115 Å². The second kappa shape index (κ2) is 23.1. The molecule has 0 spiro atoms. The Balaban J connectivity index is 0.000000309. The first-order valence-corrected chi connectivity index (χ1v) is 24.4. The van der Waals surface area contributed by atoms with Gasteiger partial charge in [0.2, 0.25) is 12.3 Å². The van der Waals surface area contributed by atoms with Crippen LogP contribution < -0.4 is 26.4 Å². The molecule has 1 aromatic heterocycles. The molecule has 1 saturated carbocycles. The number of aromatic nitrogens is 2. The van der Waals surface area contributed by atoms with E-state index >= 15 is 0 Å². The lowest BCUT2D eigenvalue weighted by molar-refractivity contribution is -0.683. The molecule has 1 aliphatic carbocycles. The van der Waals surface area contributed by atoms with E-state index in [2.05, 4.69) is 29.2 Å². The van der Waals surface area contributed by atoms with Gasteiger partial charge in [0, 0.05) is 11.1 Å². The Bertz CT molecular complexity index is 3040. The molecule has 3 nitrogen and oxygen atoms in total. The van der Waals surface area contributed by atoms with Gasteiger partial charge in [-0.05, 0) is 48.6 Å². The maximum Gasteiger partial charge on any atom is 0.416 e. The highest BCUT2D eigenvalue weighted by Gasteiger charge is 2.47. The van der Waals surface area contributed by atoms with Crippen molar-refractivity contribution in [3.8, 4) is 11.3 Å². The van der Waals surface area contributed by atoms with Crippen molar-refractivity contribution in [3.63, 3.8) is 0 Å². The van der Waals surface area contributed by atoms with Crippen LogP contribution in [0.5, 0.6) is 0 Å². The zero-order valence-corrected chi connectivity index (χ0v) is 42.1. The lowest BCUT2D eigenvalue weighted by Crippen LogP contribution is -2.75. The van der Waals surface area contributed by atoms with E-state index in [1.165, 1.54) is 37.7 Å². The molecule has 0 atom stereocenters. The van der Waals surface area contributed by atoms with Gasteiger partial charge < -0.3 is 0 Å². The summed E-state index contributed by atoms with van der Waals surface area (Å²) in [5.41, 5.74) is -26.0. The van der Waals surface area contributed by atoms with E-state index in [0.29, 0.717) is 12.5 Å². The molecule has 0 saturated heterocycles.